The van der Waals surface area contributed by atoms with Crippen molar-refractivity contribution < 1.29 is 27.5 Å². The fraction of sp³-hybridized carbons (Fsp3) is 0.280. The van der Waals surface area contributed by atoms with E-state index in [1.54, 1.807) is 17.6 Å². The minimum absolute atomic E-state index is 0.0599. The third-order valence-corrected chi connectivity index (χ3v) is 6.41. The molecule has 1 aromatic heterocycles. The predicted molar refractivity (Wildman–Crippen MR) is 135 cm³/mol. The molecule has 0 radical (unpaired) electrons. The van der Waals surface area contributed by atoms with Crippen molar-refractivity contribution in [3.8, 4) is 5.75 Å². The third kappa shape index (κ3) is 7.78. The number of carbonyl (C=O) groups is 2. The zero-order valence-electron chi connectivity index (χ0n) is 20.1. The molecule has 5 N–H and O–H groups in total. The van der Waals surface area contributed by atoms with Crippen LogP contribution in [0, 0.1) is 12.3 Å². The molecule has 0 aliphatic heterocycles. The highest BCUT2D eigenvalue weighted by molar-refractivity contribution is 7.09. The number of amidine groups is 1. The lowest BCUT2D eigenvalue weighted by Gasteiger charge is -2.19. The van der Waals surface area contributed by atoms with Crippen molar-refractivity contribution in [3.63, 3.8) is 0 Å². The van der Waals surface area contributed by atoms with Crippen molar-refractivity contribution in [1.82, 2.24) is 10.3 Å². The Morgan fingerprint density at radius 1 is 1.16 bits per heavy atom. The lowest BCUT2D eigenvalue weighted by atomic mass is 10.0. The molecular weight excluding hydrogens is 507 g/mol. The fourth-order valence-electron chi connectivity index (χ4n) is 3.44. The number of nitrogens with two attached hydrogens (primary N) is 1. The Bertz CT molecular complexity index is 1280. The standard InChI is InChI=1S/C25H26F3N5O3S/c1-14(32-22(34)12-23(35)33-18-6-3-16(4-7-18)24(29)30)17-5-8-20(19(11-17)25(26,27)28)36-10-9-21-15(2)31-13-37-21/h3-8,11,13-14H,9-10,12H2,1-2H3,(H3,29,30)(H,32,34)(H,33,35). The summed E-state index contributed by atoms with van der Waals surface area (Å²) in [6.07, 6.45) is -4.75. The van der Waals surface area contributed by atoms with Gasteiger partial charge in [0.05, 0.1) is 29.4 Å². The van der Waals surface area contributed by atoms with Gasteiger partial charge >= 0.3 is 6.18 Å². The Labute approximate surface area is 215 Å². The molecule has 12 heteroatoms. The number of alkyl halides is 3. The topological polar surface area (TPSA) is 130 Å². The number of nitrogens with one attached hydrogen (secondary N) is 3. The van der Waals surface area contributed by atoms with Gasteiger partial charge < -0.3 is 21.1 Å². The van der Waals surface area contributed by atoms with Crippen LogP contribution in [-0.2, 0) is 22.2 Å². The van der Waals surface area contributed by atoms with Gasteiger partial charge in [-0.3, -0.25) is 15.0 Å². The lowest BCUT2D eigenvalue weighted by molar-refractivity contribution is -0.139. The maximum atomic E-state index is 13.7. The van der Waals surface area contributed by atoms with Crippen LogP contribution in [0.1, 0.15) is 46.6 Å². The molecule has 1 atom stereocenters. The van der Waals surface area contributed by atoms with Gasteiger partial charge in [-0.05, 0) is 55.8 Å². The first-order chi connectivity index (χ1) is 17.4. The van der Waals surface area contributed by atoms with Crippen LogP contribution in [0.25, 0.3) is 0 Å². The summed E-state index contributed by atoms with van der Waals surface area (Å²) in [7, 11) is 0. The second kappa shape index (κ2) is 11.9. The minimum Gasteiger partial charge on any atom is -0.493 e. The summed E-state index contributed by atoms with van der Waals surface area (Å²) >= 11 is 1.42. The van der Waals surface area contributed by atoms with Crippen molar-refractivity contribution in [1.29, 1.82) is 5.41 Å². The first kappa shape index (κ1) is 27.7. The fourth-order valence-corrected chi connectivity index (χ4v) is 4.21. The maximum absolute atomic E-state index is 13.7. The van der Waals surface area contributed by atoms with Gasteiger partial charge in [-0.15, -0.1) is 11.3 Å². The summed E-state index contributed by atoms with van der Waals surface area (Å²) in [4.78, 5) is 29.6. The highest BCUT2D eigenvalue weighted by Gasteiger charge is 2.35. The number of hydrogen-bond donors (Lipinski definition) is 4. The van der Waals surface area contributed by atoms with E-state index in [-0.39, 0.29) is 23.8 Å². The molecule has 0 spiro atoms. The van der Waals surface area contributed by atoms with Gasteiger partial charge in [-0.2, -0.15) is 13.2 Å². The van der Waals surface area contributed by atoms with Crippen LogP contribution >= 0.6 is 11.3 Å². The largest absolute Gasteiger partial charge is 0.493 e. The normalized spacial score (nSPS) is 12.0. The van der Waals surface area contributed by atoms with E-state index in [0.29, 0.717) is 17.7 Å². The number of thiazole rings is 1. The Balaban J connectivity index is 1.59. The zero-order chi connectivity index (χ0) is 27.2. The number of rotatable bonds is 10. The van der Waals surface area contributed by atoms with Crippen molar-refractivity contribution in [2.45, 2.75) is 38.9 Å². The van der Waals surface area contributed by atoms with Gasteiger partial charge in [0.1, 0.15) is 18.0 Å². The molecular formula is C25H26F3N5O3S. The van der Waals surface area contributed by atoms with E-state index in [2.05, 4.69) is 15.6 Å². The highest BCUT2D eigenvalue weighted by atomic mass is 32.1. The summed E-state index contributed by atoms with van der Waals surface area (Å²) < 4.78 is 46.6. The van der Waals surface area contributed by atoms with E-state index >= 15 is 0 Å². The SMILES string of the molecule is Cc1ncsc1CCOc1ccc(C(C)NC(=O)CC(=O)Nc2ccc(C(=N)N)cc2)cc1C(F)(F)F. The highest BCUT2D eigenvalue weighted by Crippen LogP contribution is 2.38. The molecule has 0 bridgehead atoms. The van der Waals surface area contributed by atoms with Crippen LogP contribution in [0.3, 0.4) is 0 Å². The lowest BCUT2D eigenvalue weighted by Crippen LogP contribution is -2.30. The van der Waals surface area contributed by atoms with Gasteiger partial charge in [0.25, 0.3) is 0 Å². The first-order valence-electron chi connectivity index (χ1n) is 11.2. The summed E-state index contributed by atoms with van der Waals surface area (Å²) in [6.45, 7) is 3.41. The number of anilines is 1. The summed E-state index contributed by atoms with van der Waals surface area (Å²) in [5.41, 5.74) is 8.04. The number of benzene rings is 2. The monoisotopic (exact) mass is 533 g/mol. The number of aryl methyl sites for hydroxylation is 1. The molecule has 0 aliphatic carbocycles. The van der Waals surface area contributed by atoms with Crippen molar-refractivity contribution >= 4 is 34.7 Å². The summed E-state index contributed by atoms with van der Waals surface area (Å²) in [5.74, 6) is -1.67. The van der Waals surface area contributed by atoms with Crippen molar-refractivity contribution in [2.75, 3.05) is 11.9 Å². The number of hydrogen-bond acceptors (Lipinski definition) is 6. The van der Waals surface area contributed by atoms with Gasteiger partial charge in [0.2, 0.25) is 11.8 Å². The van der Waals surface area contributed by atoms with E-state index in [9.17, 15) is 22.8 Å². The molecule has 196 valence electrons. The van der Waals surface area contributed by atoms with Crippen LogP contribution in [0.15, 0.2) is 48.0 Å². The number of ether oxygens (including phenoxy) is 1. The predicted octanol–water partition coefficient (Wildman–Crippen LogP) is 4.58. The Hall–Kier alpha value is -3.93. The van der Waals surface area contributed by atoms with Gasteiger partial charge in [0, 0.05) is 22.5 Å². The smallest absolute Gasteiger partial charge is 0.419 e. The number of nitrogens with zero attached hydrogens (tertiary/aromatic N) is 1. The molecule has 2 amide bonds. The Morgan fingerprint density at radius 3 is 2.46 bits per heavy atom. The van der Waals surface area contributed by atoms with E-state index in [4.69, 9.17) is 15.9 Å². The number of nitrogen functional groups attached to an aromatic ring is 1. The van der Waals surface area contributed by atoms with Crippen LogP contribution in [0.4, 0.5) is 18.9 Å². The molecule has 1 heterocycles. The Morgan fingerprint density at radius 2 is 1.86 bits per heavy atom. The molecule has 3 rings (SSSR count). The van der Waals surface area contributed by atoms with E-state index in [0.717, 1.165) is 16.6 Å². The summed E-state index contributed by atoms with van der Waals surface area (Å²) in [6, 6.07) is 9.01. The summed E-state index contributed by atoms with van der Waals surface area (Å²) in [5, 5.41) is 12.5. The molecule has 3 aromatic rings. The average molecular weight is 534 g/mol. The van der Waals surface area contributed by atoms with Gasteiger partial charge in [0.15, 0.2) is 0 Å². The molecule has 0 saturated heterocycles. The number of halogens is 3. The van der Waals surface area contributed by atoms with Crippen LogP contribution < -0.4 is 21.1 Å². The molecule has 0 fully saturated rings. The van der Waals surface area contributed by atoms with Crippen LogP contribution in [0.5, 0.6) is 5.75 Å². The second-order valence-electron chi connectivity index (χ2n) is 8.22. The Kier molecular flexibility index (Phi) is 8.87. The average Bonchev–Trinajstić information content (AvgIpc) is 3.23. The van der Waals surface area contributed by atoms with Crippen molar-refractivity contribution in [2.24, 2.45) is 5.73 Å². The van der Waals surface area contributed by atoms with Crippen molar-refractivity contribution in [3.05, 3.63) is 75.2 Å². The number of aromatic nitrogens is 1. The van der Waals surface area contributed by atoms with E-state index < -0.39 is 36.0 Å². The maximum Gasteiger partial charge on any atom is 0.419 e. The van der Waals surface area contributed by atoms with Gasteiger partial charge in [-0.1, -0.05) is 6.07 Å². The van der Waals surface area contributed by atoms with E-state index in [1.165, 1.54) is 42.5 Å². The third-order valence-electron chi connectivity index (χ3n) is 5.42. The molecule has 1 unspecified atom stereocenters. The second-order valence-corrected chi connectivity index (χ2v) is 9.16. The van der Waals surface area contributed by atoms with Gasteiger partial charge in [-0.25, -0.2) is 4.98 Å². The van der Waals surface area contributed by atoms with Crippen LogP contribution in [-0.4, -0.2) is 29.2 Å². The molecule has 2 aromatic carbocycles. The van der Waals surface area contributed by atoms with Crippen LogP contribution in [0.2, 0.25) is 0 Å². The van der Waals surface area contributed by atoms with E-state index in [1.807, 2.05) is 6.92 Å². The first-order valence-corrected chi connectivity index (χ1v) is 12.1. The molecule has 0 saturated carbocycles. The molecule has 8 nitrogen and oxygen atoms in total. The zero-order valence-corrected chi connectivity index (χ0v) is 20.9. The number of amides is 2. The molecule has 0 aliphatic rings. The minimum atomic E-state index is -4.66. The number of carbonyl (C=O) groups excluding carboxylic acids is 2. The molecule has 37 heavy (non-hydrogen) atoms. The quantitative estimate of drug-likeness (QED) is 0.172.